The van der Waals surface area contributed by atoms with Crippen LogP contribution < -0.4 is 4.72 Å². The zero-order valence-corrected chi connectivity index (χ0v) is 13.5. The summed E-state index contributed by atoms with van der Waals surface area (Å²) >= 11 is 0. The van der Waals surface area contributed by atoms with Gasteiger partial charge >= 0.3 is 5.97 Å². The molecule has 1 aromatic rings. The first-order valence-corrected chi connectivity index (χ1v) is 8.37. The average Bonchev–Trinajstić information content (AvgIpc) is 2.97. The summed E-state index contributed by atoms with van der Waals surface area (Å²) in [5, 5.41) is 9.07. The predicted molar refractivity (Wildman–Crippen MR) is 80.0 cm³/mol. The number of nitrogens with one attached hydrogen (secondary N) is 1. The number of sulfonamides is 1. The molecule has 0 saturated heterocycles. The monoisotopic (exact) mass is 311 g/mol. The molecule has 116 valence electrons. The van der Waals surface area contributed by atoms with Gasteiger partial charge in [-0.3, -0.25) is 0 Å². The molecule has 1 aromatic carbocycles. The molecule has 0 spiro atoms. The van der Waals surface area contributed by atoms with E-state index < -0.39 is 16.0 Å². The number of carboxylic acids is 1. The second-order valence-electron chi connectivity index (χ2n) is 6.46. The maximum Gasteiger partial charge on any atom is 0.335 e. The average molecular weight is 311 g/mol. The van der Waals surface area contributed by atoms with E-state index in [0.717, 1.165) is 6.42 Å². The highest BCUT2D eigenvalue weighted by molar-refractivity contribution is 7.89. The molecule has 0 amide bonds. The van der Waals surface area contributed by atoms with Crippen LogP contribution in [0.2, 0.25) is 0 Å². The summed E-state index contributed by atoms with van der Waals surface area (Å²) in [4.78, 5) is 11.1. The quantitative estimate of drug-likeness (QED) is 0.874. The number of carboxylic acid groups (broad SMARTS) is 1. The first-order valence-electron chi connectivity index (χ1n) is 6.89. The molecule has 1 unspecified atom stereocenters. The molecule has 1 saturated carbocycles. The number of aryl methyl sites for hydroxylation is 1. The number of carbonyl (C=O) groups is 1. The van der Waals surface area contributed by atoms with Gasteiger partial charge < -0.3 is 5.11 Å². The van der Waals surface area contributed by atoms with Crippen molar-refractivity contribution in [1.29, 1.82) is 0 Å². The molecule has 0 bridgehead atoms. The Bertz CT molecular complexity index is 692. The lowest BCUT2D eigenvalue weighted by molar-refractivity contribution is 0.0696. The van der Waals surface area contributed by atoms with Crippen molar-refractivity contribution in [2.24, 2.45) is 11.3 Å². The second-order valence-corrected chi connectivity index (χ2v) is 8.20. The highest BCUT2D eigenvalue weighted by Crippen LogP contribution is 2.51. The van der Waals surface area contributed by atoms with E-state index >= 15 is 0 Å². The highest BCUT2D eigenvalue weighted by Gasteiger charge is 2.45. The van der Waals surface area contributed by atoms with Crippen LogP contribution in [0.15, 0.2) is 17.0 Å². The molecule has 1 fully saturated rings. The lowest BCUT2D eigenvalue weighted by Gasteiger charge is -2.13. The Balaban J connectivity index is 2.29. The van der Waals surface area contributed by atoms with Crippen molar-refractivity contribution in [1.82, 2.24) is 4.72 Å². The van der Waals surface area contributed by atoms with Crippen molar-refractivity contribution < 1.29 is 18.3 Å². The van der Waals surface area contributed by atoms with Crippen LogP contribution in [0.5, 0.6) is 0 Å². The molecule has 1 atom stereocenters. The molecule has 6 heteroatoms. The summed E-state index contributed by atoms with van der Waals surface area (Å²) in [5.74, 6) is -0.783. The molecule has 0 heterocycles. The number of hydrogen-bond donors (Lipinski definition) is 2. The van der Waals surface area contributed by atoms with E-state index in [1.165, 1.54) is 12.1 Å². The number of benzene rings is 1. The maximum atomic E-state index is 12.4. The van der Waals surface area contributed by atoms with Crippen LogP contribution in [0.25, 0.3) is 0 Å². The smallest absolute Gasteiger partial charge is 0.335 e. The van der Waals surface area contributed by atoms with Gasteiger partial charge in [-0.1, -0.05) is 13.8 Å². The van der Waals surface area contributed by atoms with Gasteiger partial charge in [0.1, 0.15) is 0 Å². The molecule has 0 aliphatic heterocycles. The largest absolute Gasteiger partial charge is 0.478 e. The summed E-state index contributed by atoms with van der Waals surface area (Å²) in [6.07, 6.45) is 1.00. The number of rotatable bonds is 5. The first-order chi connectivity index (χ1) is 9.54. The van der Waals surface area contributed by atoms with Gasteiger partial charge in [-0.2, -0.15) is 0 Å². The van der Waals surface area contributed by atoms with E-state index in [1.54, 1.807) is 13.8 Å². The molecular formula is C15H21NO4S. The van der Waals surface area contributed by atoms with Gasteiger partial charge in [0, 0.05) is 6.54 Å². The van der Waals surface area contributed by atoms with Gasteiger partial charge in [-0.05, 0) is 54.9 Å². The number of hydrogen-bond acceptors (Lipinski definition) is 3. The molecule has 0 radical (unpaired) electrons. The third kappa shape index (κ3) is 3.27. The molecule has 5 nitrogen and oxygen atoms in total. The van der Waals surface area contributed by atoms with Crippen LogP contribution in [-0.2, 0) is 10.0 Å². The van der Waals surface area contributed by atoms with Gasteiger partial charge in [0.25, 0.3) is 0 Å². The van der Waals surface area contributed by atoms with Crippen molar-refractivity contribution in [2.45, 2.75) is 39.0 Å². The first kappa shape index (κ1) is 16.0. The van der Waals surface area contributed by atoms with Crippen LogP contribution >= 0.6 is 0 Å². The van der Waals surface area contributed by atoms with Gasteiger partial charge in [-0.15, -0.1) is 0 Å². The standard InChI is InChI=1S/C15H21NO4S/c1-9-5-11(14(17)18)6-13(10(9)2)21(19,20)16-8-12-7-15(12,3)4/h5-6,12,16H,7-8H2,1-4H3,(H,17,18). The summed E-state index contributed by atoms with van der Waals surface area (Å²) in [6.45, 7) is 8.01. The predicted octanol–water partition coefficient (Wildman–Crippen LogP) is 2.33. The molecule has 2 rings (SSSR count). The van der Waals surface area contributed by atoms with Crippen LogP contribution in [0, 0.1) is 25.2 Å². The fraction of sp³-hybridized carbons (Fsp3) is 0.533. The Morgan fingerprint density at radius 1 is 1.38 bits per heavy atom. The third-order valence-electron chi connectivity index (χ3n) is 4.39. The highest BCUT2D eigenvalue weighted by atomic mass is 32.2. The van der Waals surface area contributed by atoms with Gasteiger partial charge in [0.2, 0.25) is 10.0 Å². The van der Waals surface area contributed by atoms with Crippen LogP contribution in [0.4, 0.5) is 0 Å². The number of aromatic carboxylic acids is 1. The Labute approximate surface area is 125 Å². The summed E-state index contributed by atoms with van der Waals surface area (Å²) < 4.78 is 27.4. The zero-order chi connectivity index (χ0) is 16.0. The van der Waals surface area contributed by atoms with E-state index in [0.29, 0.717) is 23.6 Å². The molecule has 0 aromatic heterocycles. The Kier molecular flexibility index (Phi) is 3.88. The Morgan fingerprint density at radius 2 is 1.95 bits per heavy atom. The summed E-state index contributed by atoms with van der Waals surface area (Å²) in [7, 11) is -3.69. The van der Waals surface area contributed by atoms with Gasteiger partial charge in [0.15, 0.2) is 0 Å². The fourth-order valence-corrected chi connectivity index (χ4v) is 3.86. The molecule has 2 N–H and O–H groups in total. The van der Waals surface area contributed by atoms with Gasteiger partial charge in [-0.25, -0.2) is 17.9 Å². The van der Waals surface area contributed by atoms with E-state index in [9.17, 15) is 13.2 Å². The second kappa shape index (κ2) is 5.10. The molecular weight excluding hydrogens is 290 g/mol. The zero-order valence-electron chi connectivity index (χ0n) is 12.7. The van der Waals surface area contributed by atoms with Crippen molar-refractivity contribution in [3.63, 3.8) is 0 Å². The summed E-state index contributed by atoms with van der Waals surface area (Å²) in [5.41, 5.74) is 1.42. The van der Waals surface area contributed by atoms with Crippen molar-refractivity contribution in [3.8, 4) is 0 Å². The lowest BCUT2D eigenvalue weighted by atomic mass is 10.1. The SMILES string of the molecule is Cc1cc(C(=O)O)cc(S(=O)(=O)NCC2CC2(C)C)c1C. The van der Waals surface area contributed by atoms with Crippen LogP contribution in [0.3, 0.4) is 0 Å². The lowest BCUT2D eigenvalue weighted by Crippen LogP contribution is -2.28. The Hall–Kier alpha value is -1.40. The topological polar surface area (TPSA) is 83.5 Å². The van der Waals surface area contributed by atoms with Crippen molar-refractivity contribution >= 4 is 16.0 Å². The summed E-state index contributed by atoms with van der Waals surface area (Å²) in [6, 6.07) is 2.71. The Morgan fingerprint density at radius 3 is 2.43 bits per heavy atom. The van der Waals surface area contributed by atoms with Crippen LogP contribution in [-0.4, -0.2) is 26.0 Å². The normalized spacial score (nSPS) is 20.3. The van der Waals surface area contributed by atoms with E-state index in [4.69, 9.17) is 5.11 Å². The van der Waals surface area contributed by atoms with Gasteiger partial charge in [0.05, 0.1) is 10.5 Å². The fourth-order valence-electron chi connectivity index (χ4n) is 2.44. The minimum absolute atomic E-state index is 0.00905. The van der Waals surface area contributed by atoms with E-state index in [-0.39, 0.29) is 15.9 Å². The molecule has 1 aliphatic rings. The van der Waals surface area contributed by atoms with Crippen LogP contribution in [0.1, 0.15) is 41.8 Å². The molecule has 21 heavy (non-hydrogen) atoms. The van der Waals surface area contributed by atoms with Crippen molar-refractivity contribution in [3.05, 3.63) is 28.8 Å². The minimum atomic E-state index is -3.69. The minimum Gasteiger partial charge on any atom is -0.478 e. The van der Waals surface area contributed by atoms with E-state index in [1.807, 2.05) is 0 Å². The van der Waals surface area contributed by atoms with Crippen molar-refractivity contribution in [2.75, 3.05) is 6.54 Å². The van der Waals surface area contributed by atoms with E-state index in [2.05, 4.69) is 18.6 Å². The maximum absolute atomic E-state index is 12.4. The third-order valence-corrected chi connectivity index (χ3v) is 5.94. The molecule has 1 aliphatic carbocycles.